The summed E-state index contributed by atoms with van der Waals surface area (Å²) in [5.74, 6) is 0.763. The van der Waals surface area contributed by atoms with Crippen molar-refractivity contribution < 1.29 is 9.53 Å². The Hall–Kier alpha value is -0.790. The first-order chi connectivity index (χ1) is 6.50. The molecule has 0 saturated heterocycles. The van der Waals surface area contributed by atoms with Gasteiger partial charge in [0.25, 0.3) is 0 Å². The first-order valence-corrected chi connectivity index (χ1v) is 5.35. The molecule has 1 aliphatic rings. The molecular formula is C12H20O2. The quantitative estimate of drug-likeness (QED) is 0.512. The van der Waals surface area contributed by atoms with Crippen molar-refractivity contribution in [3.05, 3.63) is 12.7 Å². The van der Waals surface area contributed by atoms with E-state index in [1.807, 2.05) is 0 Å². The molecule has 0 spiro atoms. The zero-order valence-electron chi connectivity index (χ0n) is 9.38. The number of hydrogen-bond donors (Lipinski definition) is 0. The maximum absolute atomic E-state index is 11.2. The molecular weight excluding hydrogens is 176 g/mol. The minimum absolute atomic E-state index is 0.231. The summed E-state index contributed by atoms with van der Waals surface area (Å²) in [6, 6.07) is 0. The van der Waals surface area contributed by atoms with Crippen molar-refractivity contribution in [2.24, 2.45) is 11.8 Å². The van der Waals surface area contributed by atoms with Gasteiger partial charge in [0, 0.05) is 6.08 Å². The van der Waals surface area contributed by atoms with Gasteiger partial charge < -0.3 is 4.74 Å². The van der Waals surface area contributed by atoms with Crippen molar-refractivity contribution in [1.82, 2.24) is 0 Å². The fourth-order valence-electron chi connectivity index (χ4n) is 2.26. The summed E-state index contributed by atoms with van der Waals surface area (Å²) in [6.07, 6.45) is 4.39. The molecule has 0 bridgehead atoms. The van der Waals surface area contributed by atoms with Crippen molar-refractivity contribution >= 4 is 5.97 Å². The first-order valence-electron chi connectivity index (χ1n) is 5.35. The highest BCUT2D eigenvalue weighted by Crippen LogP contribution is 2.42. The highest BCUT2D eigenvalue weighted by atomic mass is 16.6. The third-order valence-electron chi connectivity index (χ3n) is 3.28. The summed E-state index contributed by atoms with van der Waals surface area (Å²) in [4.78, 5) is 11.2. The topological polar surface area (TPSA) is 26.3 Å². The Kier molecular flexibility index (Phi) is 3.35. The summed E-state index contributed by atoms with van der Waals surface area (Å²) < 4.78 is 5.52. The molecule has 0 aromatic heterocycles. The second-order valence-corrected chi connectivity index (χ2v) is 4.69. The van der Waals surface area contributed by atoms with Crippen LogP contribution in [0.4, 0.5) is 0 Å². The molecule has 14 heavy (non-hydrogen) atoms. The lowest BCUT2D eigenvalue weighted by molar-refractivity contribution is -0.158. The normalized spacial score (nSPS) is 31.9. The van der Waals surface area contributed by atoms with Gasteiger partial charge in [-0.25, -0.2) is 4.79 Å². The van der Waals surface area contributed by atoms with Crippen LogP contribution in [0.5, 0.6) is 0 Å². The standard InChI is InChI=1S/C12H20O2/c1-5-11(13)14-12(9(2)3)7-6-10(4)8-12/h5,9-10H,1,6-8H2,2-4H3. The van der Waals surface area contributed by atoms with E-state index in [4.69, 9.17) is 4.74 Å². The third kappa shape index (κ3) is 2.17. The second-order valence-electron chi connectivity index (χ2n) is 4.69. The number of ether oxygens (including phenoxy) is 1. The predicted molar refractivity (Wildman–Crippen MR) is 56.9 cm³/mol. The van der Waals surface area contributed by atoms with Crippen molar-refractivity contribution in [3.63, 3.8) is 0 Å². The van der Waals surface area contributed by atoms with E-state index < -0.39 is 0 Å². The average molecular weight is 196 g/mol. The van der Waals surface area contributed by atoms with Crippen molar-refractivity contribution in [3.8, 4) is 0 Å². The lowest BCUT2D eigenvalue weighted by Crippen LogP contribution is -2.37. The van der Waals surface area contributed by atoms with E-state index in [0.717, 1.165) is 19.3 Å². The molecule has 0 heterocycles. The van der Waals surface area contributed by atoms with E-state index in [1.54, 1.807) is 0 Å². The van der Waals surface area contributed by atoms with E-state index in [0.29, 0.717) is 11.8 Å². The molecule has 1 rings (SSSR count). The van der Waals surface area contributed by atoms with Gasteiger partial charge in [-0.1, -0.05) is 27.4 Å². The van der Waals surface area contributed by atoms with Gasteiger partial charge in [0.1, 0.15) is 5.60 Å². The van der Waals surface area contributed by atoms with Crippen LogP contribution in [0, 0.1) is 11.8 Å². The first kappa shape index (κ1) is 11.3. The number of rotatable bonds is 3. The predicted octanol–water partition coefficient (Wildman–Crippen LogP) is 2.93. The molecule has 0 aromatic rings. The molecule has 2 nitrogen and oxygen atoms in total. The maximum Gasteiger partial charge on any atom is 0.330 e. The molecule has 0 N–H and O–H groups in total. The highest BCUT2D eigenvalue weighted by molar-refractivity contribution is 5.81. The van der Waals surface area contributed by atoms with E-state index in [9.17, 15) is 4.79 Å². The van der Waals surface area contributed by atoms with Gasteiger partial charge >= 0.3 is 5.97 Å². The third-order valence-corrected chi connectivity index (χ3v) is 3.28. The van der Waals surface area contributed by atoms with Crippen LogP contribution >= 0.6 is 0 Å². The summed E-state index contributed by atoms with van der Waals surface area (Å²) in [7, 11) is 0. The molecule has 0 radical (unpaired) electrons. The van der Waals surface area contributed by atoms with E-state index >= 15 is 0 Å². The molecule has 2 atom stereocenters. The lowest BCUT2D eigenvalue weighted by atomic mass is 9.87. The summed E-state index contributed by atoms with van der Waals surface area (Å²) in [6.45, 7) is 9.89. The Balaban J connectivity index is 2.73. The smallest absolute Gasteiger partial charge is 0.330 e. The van der Waals surface area contributed by atoms with Crippen LogP contribution in [-0.2, 0) is 9.53 Å². The molecule has 1 aliphatic carbocycles. The van der Waals surface area contributed by atoms with Gasteiger partial charge in [-0.3, -0.25) is 0 Å². The Morgan fingerprint density at radius 2 is 2.29 bits per heavy atom. The summed E-state index contributed by atoms with van der Waals surface area (Å²) in [5.41, 5.74) is -0.231. The SMILES string of the molecule is C=CC(=O)OC1(C(C)C)CCC(C)C1. The van der Waals surface area contributed by atoms with Gasteiger partial charge in [-0.2, -0.15) is 0 Å². The van der Waals surface area contributed by atoms with Crippen LogP contribution in [0.1, 0.15) is 40.0 Å². The molecule has 2 heteroatoms. The summed E-state index contributed by atoms with van der Waals surface area (Å²) in [5, 5.41) is 0. The Morgan fingerprint density at radius 1 is 1.64 bits per heavy atom. The van der Waals surface area contributed by atoms with E-state index in [-0.39, 0.29) is 11.6 Å². The Labute approximate surface area is 86.3 Å². The van der Waals surface area contributed by atoms with Gasteiger partial charge in [0.05, 0.1) is 0 Å². The number of esters is 1. The molecule has 80 valence electrons. The minimum Gasteiger partial charge on any atom is -0.456 e. The van der Waals surface area contributed by atoms with Gasteiger partial charge in [0.2, 0.25) is 0 Å². The van der Waals surface area contributed by atoms with Crippen molar-refractivity contribution in [1.29, 1.82) is 0 Å². The van der Waals surface area contributed by atoms with Crippen LogP contribution in [0.25, 0.3) is 0 Å². The monoisotopic (exact) mass is 196 g/mol. The number of hydrogen-bond acceptors (Lipinski definition) is 2. The molecule has 1 fully saturated rings. The minimum atomic E-state index is -0.284. The second kappa shape index (κ2) is 4.16. The average Bonchev–Trinajstić information content (AvgIpc) is 2.48. The molecule has 0 aliphatic heterocycles. The van der Waals surface area contributed by atoms with E-state index in [2.05, 4.69) is 27.4 Å². The largest absolute Gasteiger partial charge is 0.456 e. The highest BCUT2D eigenvalue weighted by Gasteiger charge is 2.43. The number of carbonyl (C=O) groups is 1. The molecule has 0 aromatic carbocycles. The maximum atomic E-state index is 11.2. The molecule has 2 unspecified atom stereocenters. The fraction of sp³-hybridized carbons (Fsp3) is 0.750. The van der Waals surface area contributed by atoms with Gasteiger partial charge in [0.15, 0.2) is 0 Å². The molecule has 0 amide bonds. The van der Waals surface area contributed by atoms with Gasteiger partial charge in [-0.15, -0.1) is 0 Å². The Morgan fingerprint density at radius 3 is 2.64 bits per heavy atom. The van der Waals surface area contributed by atoms with Crippen LogP contribution in [0.2, 0.25) is 0 Å². The fourth-order valence-corrected chi connectivity index (χ4v) is 2.26. The zero-order valence-corrected chi connectivity index (χ0v) is 9.38. The van der Waals surface area contributed by atoms with Crippen molar-refractivity contribution in [2.45, 2.75) is 45.6 Å². The summed E-state index contributed by atoms with van der Waals surface area (Å²) >= 11 is 0. The van der Waals surface area contributed by atoms with Crippen LogP contribution in [-0.4, -0.2) is 11.6 Å². The number of carbonyl (C=O) groups excluding carboxylic acids is 1. The van der Waals surface area contributed by atoms with Crippen LogP contribution < -0.4 is 0 Å². The van der Waals surface area contributed by atoms with Gasteiger partial charge in [-0.05, 0) is 31.1 Å². The molecule has 1 saturated carbocycles. The Bertz CT molecular complexity index is 232. The van der Waals surface area contributed by atoms with Crippen molar-refractivity contribution in [2.75, 3.05) is 0 Å². The van der Waals surface area contributed by atoms with E-state index in [1.165, 1.54) is 6.08 Å². The van der Waals surface area contributed by atoms with Crippen LogP contribution in [0.15, 0.2) is 12.7 Å². The zero-order chi connectivity index (χ0) is 10.8. The van der Waals surface area contributed by atoms with Crippen LogP contribution in [0.3, 0.4) is 0 Å². The lowest BCUT2D eigenvalue weighted by Gasteiger charge is -2.33.